The van der Waals surface area contributed by atoms with Crippen molar-refractivity contribution in [1.29, 1.82) is 0 Å². The van der Waals surface area contributed by atoms with Gasteiger partial charge in [-0.15, -0.1) is 24.0 Å². The number of hydrogen-bond donors (Lipinski definition) is 2. The van der Waals surface area contributed by atoms with Crippen LogP contribution in [0, 0.1) is 0 Å². The molecule has 0 fully saturated rings. The molecule has 0 saturated heterocycles. The number of halogens is 1. The van der Waals surface area contributed by atoms with E-state index in [-0.39, 0.29) is 29.4 Å². The van der Waals surface area contributed by atoms with Gasteiger partial charge in [0.1, 0.15) is 5.82 Å². The fourth-order valence-electron chi connectivity index (χ4n) is 3.39. The Labute approximate surface area is 192 Å². The van der Waals surface area contributed by atoms with Crippen molar-refractivity contribution in [2.24, 2.45) is 4.99 Å². The third-order valence-corrected chi connectivity index (χ3v) is 5.24. The van der Waals surface area contributed by atoms with E-state index in [1.165, 1.54) is 11.1 Å². The number of aliphatic imine (C=N–C) groups is 1. The van der Waals surface area contributed by atoms with Gasteiger partial charge in [-0.2, -0.15) is 5.10 Å². The van der Waals surface area contributed by atoms with Crippen LogP contribution in [0.1, 0.15) is 69.7 Å². The van der Waals surface area contributed by atoms with Crippen molar-refractivity contribution in [3.8, 4) is 0 Å². The van der Waals surface area contributed by atoms with Gasteiger partial charge in [-0.25, -0.2) is 9.67 Å². The zero-order valence-corrected chi connectivity index (χ0v) is 20.8. The number of hydrogen-bond acceptors (Lipinski definition) is 3. The van der Waals surface area contributed by atoms with Crippen LogP contribution >= 0.6 is 24.0 Å². The average molecular weight is 510 g/mol. The van der Waals surface area contributed by atoms with Gasteiger partial charge in [0, 0.05) is 32.0 Å². The molecule has 1 aliphatic rings. The van der Waals surface area contributed by atoms with Crippen LogP contribution in [0.25, 0.3) is 0 Å². The predicted molar refractivity (Wildman–Crippen MR) is 130 cm³/mol. The topological polar surface area (TPSA) is 67.1 Å². The maximum absolute atomic E-state index is 4.66. The van der Waals surface area contributed by atoms with Crippen molar-refractivity contribution in [2.45, 2.75) is 77.9 Å². The van der Waals surface area contributed by atoms with Gasteiger partial charge in [0.25, 0.3) is 0 Å². The van der Waals surface area contributed by atoms with Gasteiger partial charge in [-0.1, -0.05) is 58.9 Å². The summed E-state index contributed by atoms with van der Waals surface area (Å²) < 4.78 is 2.05. The number of aryl methyl sites for hydroxylation is 1. The third kappa shape index (κ3) is 6.17. The molecule has 3 rings (SSSR count). The highest BCUT2D eigenvalue weighted by Gasteiger charge is 2.23. The zero-order valence-electron chi connectivity index (χ0n) is 18.5. The number of guanidine groups is 1. The Hall–Kier alpha value is -1.64. The molecule has 0 amide bonds. The van der Waals surface area contributed by atoms with Crippen LogP contribution < -0.4 is 10.6 Å². The first kappa shape index (κ1) is 23.6. The van der Waals surface area contributed by atoms with E-state index in [0.29, 0.717) is 12.0 Å². The lowest BCUT2D eigenvalue weighted by atomic mass is 9.87. The Morgan fingerprint density at radius 3 is 2.52 bits per heavy atom. The molecule has 1 aromatic carbocycles. The molecule has 1 atom stereocenters. The maximum atomic E-state index is 4.66. The summed E-state index contributed by atoms with van der Waals surface area (Å²) in [6.45, 7) is 12.6. The summed E-state index contributed by atoms with van der Waals surface area (Å²) in [6.07, 6.45) is 1.99. The number of aromatic nitrogens is 3. The highest BCUT2D eigenvalue weighted by molar-refractivity contribution is 14.0. The number of nitrogens with one attached hydrogen (secondary N) is 2. The second kappa shape index (κ2) is 9.91. The van der Waals surface area contributed by atoms with Crippen LogP contribution in [-0.2, 0) is 24.9 Å². The van der Waals surface area contributed by atoms with E-state index in [4.69, 9.17) is 0 Å². The molecule has 0 radical (unpaired) electrons. The molecule has 6 nitrogen and oxygen atoms in total. The van der Waals surface area contributed by atoms with Crippen molar-refractivity contribution < 1.29 is 0 Å². The third-order valence-electron chi connectivity index (χ3n) is 5.24. The monoisotopic (exact) mass is 510 g/mol. The normalized spacial score (nSPS) is 16.9. The van der Waals surface area contributed by atoms with Gasteiger partial charge in [-0.3, -0.25) is 4.99 Å². The molecule has 1 unspecified atom stereocenters. The lowest BCUT2D eigenvalue weighted by Crippen LogP contribution is -2.46. The molecule has 0 saturated carbocycles. The molecule has 0 spiro atoms. The molecule has 2 aromatic rings. The summed E-state index contributed by atoms with van der Waals surface area (Å²) in [5.41, 5.74) is 2.78. The van der Waals surface area contributed by atoms with Crippen molar-refractivity contribution >= 4 is 29.9 Å². The van der Waals surface area contributed by atoms with Gasteiger partial charge >= 0.3 is 0 Å². The van der Waals surface area contributed by atoms with Crippen LogP contribution in [0.4, 0.5) is 0 Å². The Morgan fingerprint density at radius 2 is 1.93 bits per heavy atom. The van der Waals surface area contributed by atoms with Gasteiger partial charge in [0.15, 0.2) is 11.8 Å². The summed E-state index contributed by atoms with van der Waals surface area (Å²) in [7, 11) is 1.82. The summed E-state index contributed by atoms with van der Waals surface area (Å²) in [5.74, 6) is 3.24. The standard InChI is InChI=1S/C22H34N6.HI/c1-15(2)20-26-19-12-11-18(14-28(19)27-20)25-21(23-6)24-13-16-7-9-17(10-8-16)22(3,4)5;/h7-10,15,18H,11-14H2,1-6H3,(H2,23,24,25);1H. The second-order valence-corrected chi connectivity index (χ2v) is 8.98. The van der Waals surface area contributed by atoms with Gasteiger partial charge in [0.2, 0.25) is 0 Å². The van der Waals surface area contributed by atoms with Gasteiger partial charge < -0.3 is 10.6 Å². The van der Waals surface area contributed by atoms with E-state index in [9.17, 15) is 0 Å². The Kier molecular flexibility index (Phi) is 8.08. The smallest absolute Gasteiger partial charge is 0.191 e. The summed E-state index contributed by atoms with van der Waals surface area (Å²) in [5, 5.41) is 11.6. The van der Waals surface area contributed by atoms with E-state index in [1.54, 1.807) is 0 Å². The first-order valence-electron chi connectivity index (χ1n) is 10.3. The van der Waals surface area contributed by atoms with Crippen LogP contribution in [0.15, 0.2) is 29.3 Å². The minimum Gasteiger partial charge on any atom is -0.352 e. The zero-order chi connectivity index (χ0) is 20.3. The fourth-order valence-corrected chi connectivity index (χ4v) is 3.39. The van der Waals surface area contributed by atoms with Crippen LogP contribution in [0.5, 0.6) is 0 Å². The molecule has 2 N–H and O–H groups in total. The van der Waals surface area contributed by atoms with E-state index >= 15 is 0 Å². The lowest BCUT2D eigenvalue weighted by molar-refractivity contribution is 0.391. The van der Waals surface area contributed by atoms with E-state index < -0.39 is 0 Å². The molecule has 1 aliphatic heterocycles. The first-order valence-corrected chi connectivity index (χ1v) is 10.3. The van der Waals surface area contributed by atoms with Crippen molar-refractivity contribution in [3.63, 3.8) is 0 Å². The van der Waals surface area contributed by atoms with Crippen LogP contribution in [0.2, 0.25) is 0 Å². The number of rotatable bonds is 4. The number of fused-ring (bicyclic) bond motifs is 1. The molecule has 160 valence electrons. The molecular formula is C22H35IN6. The van der Waals surface area contributed by atoms with Gasteiger partial charge in [0.05, 0.1) is 6.54 Å². The predicted octanol–water partition coefficient (Wildman–Crippen LogP) is 4.00. The molecule has 29 heavy (non-hydrogen) atoms. The number of nitrogens with zero attached hydrogens (tertiary/aromatic N) is 4. The van der Waals surface area contributed by atoms with E-state index in [2.05, 4.69) is 89.3 Å². The second-order valence-electron chi connectivity index (χ2n) is 8.98. The molecule has 0 bridgehead atoms. The van der Waals surface area contributed by atoms with Crippen molar-refractivity contribution in [2.75, 3.05) is 7.05 Å². The highest BCUT2D eigenvalue weighted by Crippen LogP contribution is 2.22. The van der Waals surface area contributed by atoms with Gasteiger partial charge in [-0.05, 0) is 23.0 Å². The van der Waals surface area contributed by atoms with Crippen molar-refractivity contribution in [1.82, 2.24) is 25.4 Å². The van der Waals surface area contributed by atoms with E-state index in [1.807, 2.05) is 7.05 Å². The molecule has 2 heterocycles. The molecular weight excluding hydrogens is 475 g/mol. The maximum Gasteiger partial charge on any atom is 0.191 e. The summed E-state index contributed by atoms with van der Waals surface area (Å²) >= 11 is 0. The first-order chi connectivity index (χ1) is 13.3. The summed E-state index contributed by atoms with van der Waals surface area (Å²) in [6, 6.07) is 9.12. The number of benzene rings is 1. The molecule has 0 aliphatic carbocycles. The SMILES string of the molecule is CN=C(NCc1ccc(C(C)(C)C)cc1)NC1CCc2nc(C(C)C)nn2C1.I. The summed E-state index contributed by atoms with van der Waals surface area (Å²) in [4.78, 5) is 9.06. The molecule has 1 aromatic heterocycles. The fraction of sp³-hybridized carbons (Fsp3) is 0.591. The Morgan fingerprint density at radius 1 is 1.24 bits per heavy atom. The Bertz CT molecular complexity index is 817. The van der Waals surface area contributed by atoms with E-state index in [0.717, 1.165) is 43.5 Å². The highest BCUT2D eigenvalue weighted by atomic mass is 127. The minimum atomic E-state index is 0. The lowest BCUT2D eigenvalue weighted by Gasteiger charge is -2.25. The van der Waals surface area contributed by atoms with Crippen molar-refractivity contribution in [3.05, 3.63) is 47.0 Å². The Balaban J connectivity index is 0.00000300. The van der Waals surface area contributed by atoms with Crippen LogP contribution in [-0.4, -0.2) is 33.8 Å². The largest absolute Gasteiger partial charge is 0.352 e. The minimum absolute atomic E-state index is 0. The van der Waals surface area contributed by atoms with Crippen LogP contribution in [0.3, 0.4) is 0 Å². The quantitative estimate of drug-likeness (QED) is 0.371. The average Bonchev–Trinajstić information content (AvgIpc) is 3.08. The molecule has 7 heteroatoms.